The molecule has 110 valence electrons. The van der Waals surface area contributed by atoms with Crippen molar-refractivity contribution in [3.63, 3.8) is 0 Å². The third kappa shape index (κ3) is 2.45. The van der Waals surface area contributed by atoms with E-state index >= 15 is 0 Å². The second-order valence-corrected chi connectivity index (χ2v) is 9.41. The summed E-state index contributed by atoms with van der Waals surface area (Å²) < 4.78 is 0. The molecule has 0 aliphatic heterocycles. The second kappa shape index (κ2) is 6.38. The monoisotopic (exact) mass is 304 g/mol. The lowest BCUT2D eigenvalue weighted by Gasteiger charge is -2.30. The Kier molecular flexibility index (Phi) is 4.32. The average Bonchev–Trinajstić information content (AvgIpc) is 2.58. The van der Waals surface area contributed by atoms with Gasteiger partial charge < -0.3 is 0 Å². The normalized spacial score (nSPS) is 11.2. The van der Waals surface area contributed by atoms with E-state index in [1.54, 1.807) is 0 Å². The minimum atomic E-state index is -1.71. The van der Waals surface area contributed by atoms with E-state index in [4.69, 9.17) is 0 Å². The average molecular weight is 304 g/mol. The molecule has 0 amide bonds. The highest BCUT2D eigenvalue weighted by Crippen LogP contribution is 2.45. The van der Waals surface area contributed by atoms with Gasteiger partial charge in [-0.15, -0.1) is 0 Å². The standard InChI is InChI=1S/C21H21P/c1-18(2)22(19-12-6-3-7-13-19,20-14-8-4-9-15-20)21-16-10-5-11-17-21/h3-17H,1-2H3. The van der Waals surface area contributed by atoms with Crippen LogP contribution in [0, 0.1) is 0 Å². The fourth-order valence-corrected chi connectivity index (χ4v) is 7.48. The molecule has 0 unspecified atom stereocenters. The lowest BCUT2D eigenvalue weighted by Crippen LogP contribution is -2.28. The summed E-state index contributed by atoms with van der Waals surface area (Å²) in [4.78, 5) is 0. The van der Waals surface area contributed by atoms with Crippen molar-refractivity contribution < 1.29 is 0 Å². The van der Waals surface area contributed by atoms with E-state index in [1.807, 2.05) is 0 Å². The van der Waals surface area contributed by atoms with E-state index in [0.717, 1.165) is 0 Å². The predicted molar refractivity (Wildman–Crippen MR) is 102 cm³/mol. The molecule has 0 spiro atoms. The maximum atomic E-state index is 2.28. The van der Waals surface area contributed by atoms with Gasteiger partial charge >= 0.3 is 0 Å². The van der Waals surface area contributed by atoms with E-state index < -0.39 is 6.89 Å². The second-order valence-electron chi connectivity index (χ2n) is 5.62. The van der Waals surface area contributed by atoms with E-state index in [1.165, 1.54) is 21.2 Å². The molecule has 0 aliphatic carbocycles. The Bertz CT molecular complexity index is 680. The van der Waals surface area contributed by atoms with Crippen LogP contribution in [0.25, 0.3) is 0 Å². The van der Waals surface area contributed by atoms with Crippen LogP contribution in [-0.4, -0.2) is 5.29 Å². The summed E-state index contributed by atoms with van der Waals surface area (Å²) in [6, 6.07) is 32.9. The summed E-state index contributed by atoms with van der Waals surface area (Å²) in [6.07, 6.45) is 0. The molecular formula is C21H21P. The first-order chi connectivity index (χ1) is 10.8. The number of rotatable bonds is 3. The minimum Gasteiger partial charge on any atom is -0.0662 e. The maximum Gasteiger partial charge on any atom is -0.0161 e. The SMILES string of the molecule is CC(C)=P(c1ccccc1)(c1ccccc1)c1ccccc1. The largest absolute Gasteiger partial charge is 0.0662 e. The molecule has 0 aromatic heterocycles. The lowest BCUT2D eigenvalue weighted by atomic mass is 10.4. The molecule has 0 nitrogen and oxygen atoms in total. The molecule has 0 radical (unpaired) electrons. The number of benzene rings is 3. The molecule has 0 bridgehead atoms. The first-order valence-electron chi connectivity index (χ1n) is 7.63. The van der Waals surface area contributed by atoms with Crippen molar-refractivity contribution in [2.75, 3.05) is 0 Å². The van der Waals surface area contributed by atoms with Crippen LogP contribution in [0.2, 0.25) is 0 Å². The van der Waals surface area contributed by atoms with Crippen molar-refractivity contribution in [1.29, 1.82) is 0 Å². The van der Waals surface area contributed by atoms with Crippen LogP contribution in [0.5, 0.6) is 0 Å². The minimum absolute atomic E-state index is 1.42. The van der Waals surface area contributed by atoms with Crippen molar-refractivity contribution in [2.24, 2.45) is 0 Å². The van der Waals surface area contributed by atoms with Gasteiger partial charge in [-0.2, -0.15) is 0 Å². The lowest BCUT2D eigenvalue weighted by molar-refractivity contribution is 1.72. The first-order valence-corrected chi connectivity index (χ1v) is 9.42. The van der Waals surface area contributed by atoms with E-state index in [2.05, 4.69) is 105 Å². The van der Waals surface area contributed by atoms with Crippen LogP contribution in [0.1, 0.15) is 13.8 Å². The molecule has 0 atom stereocenters. The molecule has 3 aromatic rings. The quantitative estimate of drug-likeness (QED) is 0.636. The van der Waals surface area contributed by atoms with Gasteiger partial charge in [0.1, 0.15) is 0 Å². The van der Waals surface area contributed by atoms with Gasteiger partial charge in [0, 0.05) is 0 Å². The molecule has 0 saturated carbocycles. The van der Waals surface area contributed by atoms with Gasteiger partial charge in [0.05, 0.1) is 0 Å². The van der Waals surface area contributed by atoms with E-state index in [0.29, 0.717) is 0 Å². The van der Waals surface area contributed by atoms with E-state index in [-0.39, 0.29) is 0 Å². The van der Waals surface area contributed by atoms with Gasteiger partial charge in [-0.05, 0) is 36.6 Å². The summed E-state index contributed by atoms with van der Waals surface area (Å²) in [7, 11) is 0. The summed E-state index contributed by atoms with van der Waals surface area (Å²) in [5.74, 6) is 0. The Morgan fingerprint density at radius 1 is 0.500 bits per heavy atom. The third-order valence-electron chi connectivity index (χ3n) is 4.10. The Hall–Kier alpha value is -2.04. The molecular weight excluding hydrogens is 283 g/mol. The molecule has 22 heavy (non-hydrogen) atoms. The highest BCUT2D eigenvalue weighted by molar-refractivity contribution is 7.95. The summed E-state index contributed by atoms with van der Waals surface area (Å²) >= 11 is 0. The Morgan fingerprint density at radius 3 is 1.00 bits per heavy atom. The molecule has 0 fully saturated rings. The van der Waals surface area contributed by atoms with Crippen molar-refractivity contribution in [3.05, 3.63) is 91.0 Å². The van der Waals surface area contributed by atoms with Crippen molar-refractivity contribution in [1.82, 2.24) is 0 Å². The molecule has 1 heteroatoms. The van der Waals surface area contributed by atoms with Crippen LogP contribution in [0.4, 0.5) is 0 Å². The molecule has 0 saturated heterocycles. The zero-order chi connectivity index (χ0) is 15.4. The molecule has 0 aliphatic rings. The summed E-state index contributed by atoms with van der Waals surface area (Å²) in [5, 5.41) is 5.75. The topological polar surface area (TPSA) is 0 Å². The van der Waals surface area contributed by atoms with Gasteiger partial charge in [0.2, 0.25) is 0 Å². The smallest absolute Gasteiger partial charge is 0.0161 e. The maximum absolute atomic E-state index is 2.28. The fourth-order valence-electron chi connectivity index (χ4n) is 3.18. The third-order valence-corrected chi connectivity index (χ3v) is 8.66. The van der Waals surface area contributed by atoms with Crippen LogP contribution >= 0.6 is 6.89 Å². The van der Waals surface area contributed by atoms with Crippen LogP contribution in [0.3, 0.4) is 0 Å². The van der Waals surface area contributed by atoms with Gasteiger partial charge in [0.15, 0.2) is 0 Å². The van der Waals surface area contributed by atoms with Crippen molar-refractivity contribution >= 4 is 28.1 Å². The predicted octanol–water partition coefficient (Wildman–Crippen LogP) is 4.19. The highest BCUT2D eigenvalue weighted by atomic mass is 31.2. The molecule has 3 rings (SSSR count). The van der Waals surface area contributed by atoms with Gasteiger partial charge in [-0.3, -0.25) is 0 Å². The number of hydrogen-bond donors (Lipinski definition) is 0. The summed E-state index contributed by atoms with van der Waals surface area (Å²) in [5.41, 5.74) is 0. The molecule has 0 N–H and O–H groups in total. The van der Waals surface area contributed by atoms with Crippen molar-refractivity contribution in [2.45, 2.75) is 13.8 Å². The zero-order valence-corrected chi connectivity index (χ0v) is 14.0. The molecule has 0 heterocycles. The number of hydrogen-bond acceptors (Lipinski definition) is 0. The first kappa shape index (κ1) is 14.9. The molecule has 3 aromatic carbocycles. The van der Waals surface area contributed by atoms with Crippen molar-refractivity contribution in [3.8, 4) is 0 Å². The van der Waals surface area contributed by atoms with Gasteiger partial charge in [0.25, 0.3) is 0 Å². The van der Waals surface area contributed by atoms with Crippen LogP contribution in [0.15, 0.2) is 91.0 Å². The van der Waals surface area contributed by atoms with E-state index in [9.17, 15) is 0 Å². The Balaban J connectivity index is 2.44. The summed E-state index contributed by atoms with van der Waals surface area (Å²) in [6.45, 7) is 2.85. The van der Waals surface area contributed by atoms with Gasteiger partial charge in [-0.25, -0.2) is 0 Å². The Labute approximate surface area is 133 Å². The fraction of sp³-hybridized carbons (Fsp3) is 0.0952. The van der Waals surface area contributed by atoms with Crippen LogP contribution in [-0.2, 0) is 0 Å². The van der Waals surface area contributed by atoms with Crippen LogP contribution < -0.4 is 15.9 Å². The van der Waals surface area contributed by atoms with Gasteiger partial charge in [-0.1, -0.05) is 96.3 Å². The Morgan fingerprint density at radius 2 is 0.773 bits per heavy atom. The highest BCUT2D eigenvalue weighted by Gasteiger charge is 2.25. The zero-order valence-electron chi connectivity index (χ0n) is 13.1.